The number of amides is 1. The third-order valence-corrected chi connectivity index (χ3v) is 3.97. The quantitative estimate of drug-likeness (QED) is 0.290. The molecular weight excluding hydrogens is 389 g/mol. The number of anilines is 1. The van der Waals surface area contributed by atoms with Gasteiger partial charge in [-0.2, -0.15) is 0 Å². The molecule has 2 aromatic carbocycles. The lowest BCUT2D eigenvalue weighted by atomic mass is 10.0. The van der Waals surface area contributed by atoms with E-state index in [0.717, 1.165) is 5.01 Å². The summed E-state index contributed by atoms with van der Waals surface area (Å²) in [6, 6.07) is 11.6. The number of halogens is 3. The van der Waals surface area contributed by atoms with Crippen LogP contribution >= 0.6 is 0 Å². The van der Waals surface area contributed by atoms with Crippen molar-refractivity contribution in [1.82, 2.24) is 10.2 Å². The Morgan fingerprint density at radius 3 is 2.38 bits per heavy atom. The van der Waals surface area contributed by atoms with Crippen molar-refractivity contribution in [2.45, 2.75) is 19.8 Å². The number of aromatic nitrogens is 1. The first-order chi connectivity index (χ1) is 13.6. The van der Waals surface area contributed by atoms with Crippen LogP contribution in [0.2, 0.25) is 0 Å². The molecule has 29 heavy (non-hydrogen) atoms. The van der Waals surface area contributed by atoms with Gasteiger partial charge in [-0.1, -0.05) is 23.4 Å². The van der Waals surface area contributed by atoms with Gasteiger partial charge in [0.1, 0.15) is 5.75 Å². The fourth-order valence-electron chi connectivity index (χ4n) is 2.66. The van der Waals surface area contributed by atoms with Crippen molar-refractivity contribution in [3.05, 3.63) is 65.5 Å². The number of nitrogens with zero attached hydrogens (tertiary/aromatic N) is 2. The molecule has 1 amide bonds. The molecule has 3 aromatic rings. The van der Waals surface area contributed by atoms with Gasteiger partial charge in [-0.15, -0.1) is 13.2 Å². The molecule has 0 fully saturated rings. The number of alkyl halides is 3. The highest BCUT2D eigenvalue weighted by atomic mass is 19.4. The Labute approximate surface area is 163 Å². The molecule has 7 nitrogen and oxygen atoms in total. The lowest BCUT2D eigenvalue weighted by molar-refractivity contribution is -0.274. The van der Waals surface area contributed by atoms with Gasteiger partial charge in [-0.05, 0) is 42.3 Å². The molecule has 0 unspecified atom stereocenters. The number of carbonyl (C=O) groups excluding carboxylic acids is 1. The number of nitrogen functional groups attached to an aromatic ring is 1. The molecule has 0 radical (unpaired) electrons. The van der Waals surface area contributed by atoms with Crippen molar-refractivity contribution in [3.63, 3.8) is 0 Å². The Bertz CT molecular complexity index is 1020. The Balaban J connectivity index is 1.81. The maximum atomic E-state index is 12.7. The van der Waals surface area contributed by atoms with Gasteiger partial charge in [0.25, 0.3) is 5.91 Å². The van der Waals surface area contributed by atoms with Gasteiger partial charge >= 0.3 is 6.36 Å². The van der Waals surface area contributed by atoms with Crippen molar-refractivity contribution in [2.75, 3.05) is 5.73 Å². The van der Waals surface area contributed by atoms with Crippen molar-refractivity contribution in [3.8, 4) is 16.9 Å². The fourth-order valence-corrected chi connectivity index (χ4v) is 2.66. The van der Waals surface area contributed by atoms with E-state index in [4.69, 9.17) is 16.1 Å². The highest BCUT2D eigenvalue weighted by Gasteiger charge is 2.31. The predicted octanol–water partition coefficient (Wildman–Crippen LogP) is 3.65. The fraction of sp³-hybridized carbons (Fsp3) is 0.158. The van der Waals surface area contributed by atoms with E-state index < -0.39 is 12.3 Å². The smallest absolute Gasteiger partial charge is 0.406 e. The lowest BCUT2D eigenvalue weighted by Crippen LogP contribution is -2.37. The second-order valence-electron chi connectivity index (χ2n) is 6.24. The van der Waals surface area contributed by atoms with Gasteiger partial charge in [-0.25, -0.2) is 5.84 Å². The van der Waals surface area contributed by atoms with E-state index in [1.54, 1.807) is 19.1 Å². The van der Waals surface area contributed by atoms with Crippen LogP contribution in [0.1, 0.15) is 21.8 Å². The molecular formula is C19H17F3N4O3. The normalized spacial score (nSPS) is 11.3. The first kappa shape index (κ1) is 20.2. The van der Waals surface area contributed by atoms with Crippen LogP contribution in [0.5, 0.6) is 5.75 Å². The summed E-state index contributed by atoms with van der Waals surface area (Å²) in [4.78, 5) is 12.7. The van der Waals surface area contributed by atoms with Crippen LogP contribution in [0.25, 0.3) is 11.1 Å². The Morgan fingerprint density at radius 1 is 1.14 bits per heavy atom. The van der Waals surface area contributed by atoms with Gasteiger partial charge in [0.05, 0.1) is 17.8 Å². The van der Waals surface area contributed by atoms with Crippen LogP contribution in [0.4, 0.5) is 18.9 Å². The third-order valence-electron chi connectivity index (χ3n) is 3.97. The minimum absolute atomic E-state index is 0.00712. The molecule has 0 bridgehead atoms. The molecule has 0 saturated heterocycles. The van der Waals surface area contributed by atoms with Crippen LogP contribution in [-0.4, -0.2) is 22.4 Å². The average Bonchev–Trinajstić information content (AvgIpc) is 3.05. The zero-order valence-electron chi connectivity index (χ0n) is 15.2. The van der Waals surface area contributed by atoms with E-state index in [1.165, 1.54) is 36.4 Å². The van der Waals surface area contributed by atoms with E-state index in [0.29, 0.717) is 22.6 Å². The maximum absolute atomic E-state index is 12.7. The zero-order chi connectivity index (χ0) is 21.2. The minimum Gasteiger partial charge on any atom is -0.406 e. The van der Waals surface area contributed by atoms with E-state index in [9.17, 15) is 18.0 Å². The number of hydrogen-bond donors (Lipinski definition) is 2. The largest absolute Gasteiger partial charge is 0.573 e. The lowest BCUT2D eigenvalue weighted by Gasteiger charge is -2.17. The number of rotatable bonds is 5. The monoisotopic (exact) mass is 406 g/mol. The molecule has 1 aromatic heterocycles. The van der Waals surface area contributed by atoms with Crippen molar-refractivity contribution in [2.24, 2.45) is 5.84 Å². The summed E-state index contributed by atoms with van der Waals surface area (Å²) in [6.45, 7) is 1.73. The number of ether oxygens (including phenoxy) is 1. The maximum Gasteiger partial charge on any atom is 0.573 e. The molecule has 0 aliphatic rings. The summed E-state index contributed by atoms with van der Waals surface area (Å²) < 4.78 is 45.7. The highest BCUT2D eigenvalue weighted by molar-refractivity contribution is 6.00. The van der Waals surface area contributed by atoms with E-state index in [1.807, 2.05) is 0 Å². The van der Waals surface area contributed by atoms with Crippen LogP contribution in [0.15, 0.2) is 53.1 Å². The van der Waals surface area contributed by atoms with E-state index in [-0.39, 0.29) is 23.5 Å². The zero-order valence-corrected chi connectivity index (χ0v) is 15.2. The van der Waals surface area contributed by atoms with Crippen LogP contribution in [0.3, 0.4) is 0 Å². The molecule has 0 aliphatic heterocycles. The average molecular weight is 406 g/mol. The van der Waals surface area contributed by atoms with Crippen molar-refractivity contribution >= 4 is 11.6 Å². The number of carbonyl (C=O) groups is 1. The predicted molar refractivity (Wildman–Crippen MR) is 98.3 cm³/mol. The summed E-state index contributed by atoms with van der Waals surface area (Å²) in [5.74, 6) is 5.36. The standard InChI is InChI=1S/C19H17F3N4O3/c1-11-8-15(29-25-11)10-26(24)18(27)16-9-13(4-7-17(16)23)12-2-5-14(6-3-12)28-19(20,21)22/h2-9H,10,23-24H2,1H3. The summed E-state index contributed by atoms with van der Waals surface area (Å²) in [7, 11) is 0. The van der Waals surface area contributed by atoms with Gasteiger partial charge in [0, 0.05) is 11.8 Å². The number of benzene rings is 2. The highest BCUT2D eigenvalue weighted by Crippen LogP contribution is 2.28. The summed E-state index contributed by atoms with van der Waals surface area (Å²) >= 11 is 0. The van der Waals surface area contributed by atoms with Gasteiger partial charge in [0.2, 0.25) is 0 Å². The Morgan fingerprint density at radius 2 is 1.79 bits per heavy atom. The van der Waals surface area contributed by atoms with Crippen molar-refractivity contribution in [1.29, 1.82) is 0 Å². The first-order valence-corrected chi connectivity index (χ1v) is 8.37. The molecule has 0 saturated carbocycles. The van der Waals surface area contributed by atoms with Gasteiger partial charge < -0.3 is 15.0 Å². The molecule has 10 heteroatoms. The summed E-state index contributed by atoms with van der Waals surface area (Å²) in [5.41, 5.74) is 8.07. The Hall–Kier alpha value is -3.53. The summed E-state index contributed by atoms with van der Waals surface area (Å²) in [6.07, 6.45) is -4.77. The Kier molecular flexibility index (Phi) is 5.46. The molecule has 3 rings (SSSR count). The molecule has 0 aliphatic carbocycles. The number of hydrazine groups is 1. The third kappa shape index (κ3) is 5.05. The number of aryl methyl sites for hydroxylation is 1. The van der Waals surface area contributed by atoms with E-state index in [2.05, 4.69) is 9.89 Å². The minimum atomic E-state index is -4.77. The first-order valence-electron chi connectivity index (χ1n) is 8.37. The van der Waals surface area contributed by atoms with Gasteiger partial charge in [0.15, 0.2) is 5.76 Å². The SMILES string of the molecule is Cc1cc(CN(N)C(=O)c2cc(-c3ccc(OC(F)(F)F)cc3)ccc2N)on1. The second-order valence-corrected chi connectivity index (χ2v) is 6.24. The van der Waals surface area contributed by atoms with Crippen molar-refractivity contribution < 1.29 is 27.2 Å². The van der Waals surface area contributed by atoms with E-state index >= 15 is 0 Å². The van der Waals surface area contributed by atoms with Crippen LogP contribution in [0, 0.1) is 6.92 Å². The van der Waals surface area contributed by atoms with Gasteiger partial charge in [-0.3, -0.25) is 9.80 Å². The molecule has 4 N–H and O–H groups in total. The van der Waals surface area contributed by atoms with Crippen LogP contribution < -0.4 is 16.3 Å². The summed E-state index contributed by atoms with van der Waals surface area (Å²) in [5, 5.41) is 4.67. The topological polar surface area (TPSA) is 108 Å². The second kappa shape index (κ2) is 7.84. The number of hydrogen-bond acceptors (Lipinski definition) is 6. The molecule has 0 spiro atoms. The van der Waals surface area contributed by atoms with Crippen LogP contribution in [-0.2, 0) is 6.54 Å². The molecule has 1 heterocycles. The number of nitrogens with two attached hydrogens (primary N) is 2. The molecule has 0 atom stereocenters. The molecule has 152 valence electrons.